The van der Waals surface area contributed by atoms with E-state index < -0.39 is 5.60 Å². The lowest BCUT2D eigenvalue weighted by Crippen LogP contribution is -2.42. The van der Waals surface area contributed by atoms with E-state index in [0.29, 0.717) is 23.2 Å². The molecule has 2 aromatic carbocycles. The van der Waals surface area contributed by atoms with E-state index in [9.17, 15) is 14.7 Å². The molecule has 7 heteroatoms. The molecule has 194 valence electrons. The molecule has 7 nitrogen and oxygen atoms in total. The number of amides is 1. The lowest BCUT2D eigenvalue weighted by atomic mass is 9.78. The first kappa shape index (κ1) is 27.4. The van der Waals surface area contributed by atoms with Crippen molar-refractivity contribution in [1.82, 2.24) is 10.2 Å². The van der Waals surface area contributed by atoms with Gasteiger partial charge in [0, 0.05) is 43.0 Å². The standard InChI is InChI=1S/C29H39N3O4/c1-27(2,3)21-12-18(13-22(24(21)34)28(4,5)6)23(33)16-32-15-17-10-11-19(14-20(17)25(32)30)29(7,36-9)26(35)31-8/h10-14,30,34H,15-16H2,1-9H3,(H,31,35). The minimum absolute atomic E-state index is 0.0395. The first-order valence-corrected chi connectivity index (χ1v) is 12.2. The fraction of sp³-hybridized carbons (Fsp3) is 0.483. The van der Waals surface area contributed by atoms with Crippen molar-refractivity contribution in [2.24, 2.45) is 0 Å². The largest absolute Gasteiger partial charge is 0.507 e. The van der Waals surface area contributed by atoms with Gasteiger partial charge in [0.2, 0.25) is 0 Å². The Kier molecular flexibility index (Phi) is 7.12. The number of methoxy groups -OCH3 is 1. The fourth-order valence-corrected chi connectivity index (χ4v) is 4.61. The maximum atomic E-state index is 13.5. The molecular formula is C29H39N3O4. The molecule has 1 heterocycles. The number of rotatable bonds is 6. The van der Waals surface area contributed by atoms with Crippen molar-refractivity contribution >= 4 is 17.5 Å². The summed E-state index contributed by atoms with van der Waals surface area (Å²) in [7, 11) is 3.04. The van der Waals surface area contributed by atoms with Gasteiger partial charge in [-0.2, -0.15) is 0 Å². The third-order valence-electron chi connectivity index (χ3n) is 7.04. The van der Waals surface area contributed by atoms with Crippen LogP contribution in [0.3, 0.4) is 0 Å². The number of ketones is 1. The van der Waals surface area contributed by atoms with E-state index >= 15 is 0 Å². The molecule has 0 spiro atoms. The Labute approximate surface area is 214 Å². The van der Waals surface area contributed by atoms with Gasteiger partial charge in [-0.05, 0) is 47.1 Å². The summed E-state index contributed by atoms with van der Waals surface area (Å²) in [5.41, 5.74) is 2.37. The third kappa shape index (κ3) is 4.89. The van der Waals surface area contributed by atoms with E-state index in [1.54, 1.807) is 37.1 Å². The Morgan fingerprint density at radius 2 is 1.58 bits per heavy atom. The SMILES string of the molecule is CNC(=O)C(C)(OC)c1ccc2c(c1)C(=N)N(CC(=O)c1cc(C(C)(C)C)c(O)c(C(C)(C)C)c1)C2. The molecule has 3 N–H and O–H groups in total. The van der Waals surface area contributed by atoms with Crippen LogP contribution in [0.15, 0.2) is 30.3 Å². The Morgan fingerprint density at radius 1 is 1.03 bits per heavy atom. The highest BCUT2D eigenvalue weighted by Crippen LogP contribution is 2.40. The van der Waals surface area contributed by atoms with Gasteiger partial charge in [0.1, 0.15) is 11.6 Å². The second kappa shape index (κ2) is 9.36. The van der Waals surface area contributed by atoms with Crippen molar-refractivity contribution in [3.8, 4) is 5.75 Å². The molecule has 2 aromatic rings. The quantitative estimate of drug-likeness (QED) is 0.510. The van der Waals surface area contributed by atoms with Crippen LogP contribution in [0.2, 0.25) is 0 Å². The van der Waals surface area contributed by atoms with Crippen molar-refractivity contribution in [3.63, 3.8) is 0 Å². The van der Waals surface area contributed by atoms with Crippen molar-refractivity contribution in [2.75, 3.05) is 20.7 Å². The first-order valence-electron chi connectivity index (χ1n) is 12.2. The van der Waals surface area contributed by atoms with E-state index in [0.717, 1.165) is 16.7 Å². The third-order valence-corrected chi connectivity index (χ3v) is 7.04. The molecule has 0 saturated heterocycles. The first-order chi connectivity index (χ1) is 16.5. The number of aromatic hydroxyl groups is 1. The van der Waals surface area contributed by atoms with Gasteiger partial charge in [-0.1, -0.05) is 53.7 Å². The van der Waals surface area contributed by atoms with Gasteiger partial charge < -0.3 is 20.1 Å². The number of fused-ring (bicyclic) bond motifs is 1. The van der Waals surface area contributed by atoms with Crippen LogP contribution in [0.4, 0.5) is 0 Å². The van der Waals surface area contributed by atoms with Crippen molar-refractivity contribution < 1.29 is 19.4 Å². The Balaban J connectivity index is 1.93. The topological polar surface area (TPSA) is 103 Å². The van der Waals surface area contributed by atoms with E-state index in [1.807, 2.05) is 53.7 Å². The van der Waals surface area contributed by atoms with Crippen molar-refractivity contribution in [3.05, 3.63) is 63.7 Å². The van der Waals surface area contributed by atoms with Crippen LogP contribution in [-0.4, -0.2) is 48.2 Å². The molecule has 0 saturated carbocycles. The van der Waals surface area contributed by atoms with Crippen LogP contribution < -0.4 is 5.32 Å². The van der Waals surface area contributed by atoms with Gasteiger partial charge in [-0.15, -0.1) is 0 Å². The fourth-order valence-electron chi connectivity index (χ4n) is 4.61. The number of amidine groups is 1. The van der Waals surface area contributed by atoms with Gasteiger partial charge in [0.15, 0.2) is 11.4 Å². The molecule has 36 heavy (non-hydrogen) atoms. The molecule has 1 amide bonds. The summed E-state index contributed by atoms with van der Waals surface area (Å²) in [5, 5.41) is 22.4. The number of ether oxygens (including phenoxy) is 1. The van der Waals surface area contributed by atoms with E-state index in [2.05, 4.69) is 5.32 Å². The molecule has 0 aromatic heterocycles. The summed E-state index contributed by atoms with van der Waals surface area (Å²) < 4.78 is 5.54. The normalized spacial score (nSPS) is 15.5. The maximum absolute atomic E-state index is 13.5. The molecule has 3 rings (SSSR count). The predicted molar refractivity (Wildman–Crippen MR) is 142 cm³/mol. The number of Topliss-reactive ketones (excluding diaryl/α,β-unsaturated/α-hetero) is 1. The highest BCUT2D eigenvalue weighted by Gasteiger charge is 2.37. The van der Waals surface area contributed by atoms with Crippen LogP contribution >= 0.6 is 0 Å². The molecule has 0 fully saturated rings. The highest BCUT2D eigenvalue weighted by molar-refractivity contribution is 6.05. The molecule has 0 bridgehead atoms. The number of likely N-dealkylation sites (N-methyl/N-ethyl adjacent to an activating group) is 1. The molecule has 1 unspecified atom stereocenters. The number of hydrogen-bond acceptors (Lipinski definition) is 5. The summed E-state index contributed by atoms with van der Waals surface area (Å²) in [5.74, 6) is 0.0770. The van der Waals surface area contributed by atoms with Gasteiger partial charge in [0.25, 0.3) is 5.91 Å². The average molecular weight is 494 g/mol. The Bertz CT molecular complexity index is 1180. The molecule has 1 aliphatic rings. The predicted octanol–water partition coefficient (Wildman–Crippen LogP) is 4.62. The molecule has 1 aliphatic heterocycles. The average Bonchev–Trinajstić information content (AvgIpc) is 3.10. The molecule has 1 atom stereocenters. The zero-order chi connectivity index (χ0) is 27.2. The van der Waals surface area contributed by atoms with Gasteiger partial charge >= 0.3 is 0 Å². The summed E-state index contributed by atoms with van der Waals surface area (Å²) in [6, 6.07) is 9.09. The number of phenols is 1. The summed E-state index contributed by atoms with van der Waals surface area (Å²) in [6.45, 7) is 14.2. The number of phenolic OH excluding ortho intramolecular Hbond substituents is 1. The van der Waals surface area contributed by atoms with Crippen molar-refractivity contribution in [1.29, 1.82) is 5.41 Å². The Hall–Kier alpha value is -3.19. The number of carbonyl (C=O) groups is 2. The van der Waals surface area contributed by atoms with Crippen LogP contribution in [-0.2, 0) is 32.5 Å². The van der Waals surface area contributed by atoms with Crippen molar-refractivity contribution in [2.45, 2.75) is 71.4 Å². The zero-order valence-corrected chi connectivity index (χ0v) is 22.9. The van der Waals surface area contributed by atoms with Crippen LogP contribution in [0.25, 0.3) is 0 Å². The van der Waals surface area contributed by atoms with Crippen LogP contribution in [0.1, 0.15) is 86.6 Å². The van der Waals surface area contributed by atoms with Gasteiger partial charge in [-0.3, -0.25) is 15.0 Å². The molecular weight excluding hydrogens is 454 g/mol. The zero-order valence-electron chi connectivity index (χ0n) is 22.9. The lowest BCUT2D eigenvalue weighted by molar-refractivity contribution is -0.142. The monoisotopic (exact) mass is 493 g/mol. The number of benzene rings is 2. The lowest BCUT2D eigenvalue weighted by Gasteiger charge is -2.28. The number of carbonyl (C=O) groups excluding carboxylic acids is 2. The molecule has 0 radical (unpaired) electrons. The van der Waals surface area contributed by atoms with Crippen LogP contribution in [0, 0.1) is 5.41 Å². The summed E-state index contributed by atoms with van der Waals surface area (Å²) >= 11 is 0. The minimum Gasteiger partial charge on any atom is -0.507 e. The second-order valence-electron chi connectivity index (χ2n) is 11.7. The second-order valence-corrected chi connectivity index (χ2v) is 11.7. The van der Waals surface area contributed by atoms with Crippen LogP contribution in [0.5, 0.6) is 5.75 Å². The minimum atomic E-state index is -1.19. The summed E-state index contributed by atoms with van der Waals surface area (Å²) in [4.78, 5) is 27.7. The smallest absolute Gasteiger partial charge is 0.256 e. The van der Waals surface area contributed by atoms with Gasteiger partial charge in [0.05, 0.1) is 6.54 Å². The number of hydrogen-bond donors (Lipinski definition) is 3. The highest BCUT2D eigenvalue weighted by atomic mass is 16.5. The number of nitrogens with one attached hydrogen (secondary N) is 2. The van der Waals surface area contributed by atoms with E-state index in [1.165, 1.54) is 7.11 Å². The van der Waals surface area contributed by atoms with E-state index in [-0.39, 0.29) is 40.7 Å². The number of nitrogens with zero attached hydrogens (tertiary/aromatic N) is 1. The van der Waals surface area contributed by atoms with E-state index in [4.69, 9.17) is 10.1 Å². The Morgan fingerprint density at radius 3 is 2.06 bits per heavy atom. The van der Waals surface area contributed by atoms with Gasteiger partial charge in [-0.25, -0.2) is 0 Å². The maximum Gasteiger partial charge on any atom is 0.256 e. The molecule has 0 aliphatic carbocycles. The summed E-state index contributed by atoms with van der Waals surface area (Å²) in [6.07, 6.45) is 0.